The van der Waals surface area contributed by atoms with E-state index in [2.05, 4.69) is 158 Å². The molecule has 3 nitrogen and oxygen atoms in total. The Morgan fingerprint density at radius 2 is 0.727 bits per heavy atom. The Morgan fingerprint density at radius 3 is 1.44 bits per heavy atom. The van der Waals surface area contributed by atoms with E-state index in [1.54, 1.807) is 0 Å². The van der Waals surface area contributed by atoms with Crippen LogP contribution in [0.1, 0.15) is 0 Å². The zero-order valence-corrected chi connectivity index (χ0v) is 30.6. The molecule has 0 saturated heterocycles. The lowest BCUT2D eigenvalue weighted by Crippen LogP contribution is -2.01. The van der Waals surface area contributed by atoms with Gasteiger partial charge in [-0.05, 0) is 56.6 Å². The van der Waals surface area contributed by atoms with Crippen LogP contribution in [-0.4, -0.2) is 15.0 Å². The smallest absolute Gasteiger partial charge is 0.164 e. The van der Waals surface area contributed by atoms with Gasteiger partial charge in [-0.25, -0.2) is 15.0 Å². The predicted molar refractivity (Wildman–Crippen MR) is 231 cm³/mol. The van der Waals surface area contributed by atoms with Gasteiger partial charge in [0.05, 0.1) is 0 Å². The molecule has 0 radical (unpaired) electrons. The van der Waals surface area contributed by atoms with Gasteiger partial charge in [0.2, 0.25) is 0 Å². The normalized spacial score (nSPS) is 11.3. The number of hydrogen-bond donors (Lipinski definition) is 0. The Morgan fingerprint density at radius 1 is 0.273 bits per heavy atom. The molecule has 0 aliphatic heterocycles. The van der Waals surface area contributed by atoms with E-state index in [-0.39, 0.29) is 0 Å². The lowest BCUT2D eigenvalue weighted by molar-refractivity contribution is 1.07. The zero-order valence-electron chi connectivity index (χ0n) is 29.8. The van der Waals surface area contributed by atoms with Gasteiger partial charge in [0.15, 0.2) is 17.5 Å². The van der Waals surface area contributed by atoms with Gasteiger partial charge in [0, 0.05) is 36.9 Å². The average Bonchev–Trinajstić information content (AvgIpc) is 3.66. The second-order valence-electron chi connectivity index (χ2n) is 13.6. The minimum Gasteiger partial charge on any atom is -0.208 e. The molecule has 0 spiro atoms. The van der Waals surface area contributed by atoms with Crippen LogP contribution in [-0.2, 0) is 0 Å². The minimum atomic E-state index is 0.639. The highest BCUT2D eigenvalue weighted by Crippen LogP contribution is 2.41. The Kier molecular flexibility index (Phi) is 8.36. The standard InChI is InChI=1S/C51H33N3S/c1-3-13-37(14-4-1)42-19-7-8-21-46(42)51-53-49(38-15-5-2-6-16-38)52-50(54-51)39-31-29-35(30-32-39)34-25-27-36(28-26-34)40-17-11-18-41(33-40)43-22-12-23-45-44-20-9-10-24-47(44)55-48(43)45/h1-33H. The van der Waals surface area contributed by atoms with Gasteiger partial charge >= 0.3 is 0 Å². The molecule has 0 unspecified atom stereocenters. The van der Waals surface area contributed by atoms with Crippen LogP contribution < -0.4 is 0 Å². The first kappa shape index (κ1) is 32.6. The van der Waals surface area contributed by atoms with E-state index in [0.717, 1.165) is 38.9 Å². The van der Waals surface area contributed by atoms with Crippen LogP contribution in [0, 0.1) is 0 Å². The lowest BCUT2D eigenvalue weighted by atomic mass is 9.96. The number of nitrogens with zero attached hydrogens (tertiary/aromatic N) is 3. The van der Waals surface area contributed by atoms with Crippen LogP contribution in [0.4, 0.5) is 0 Å². The van der Waals surface area contributed by atoms with Crippen molar-refractivity contribution < 1.29 is 0 Å². The number of hydrogen-bond acceptors (Lipinski definition) is 4. The van der Waals surface area contributed by atoms with E-state index in [9.17, 15) is 0 Å². The molecular weight excluding hydrogens is 687 g/mol. The Bertz CT molecular complexity index is 2950. The van der Waals surface area contributed by atoms with E-state index < -0.39 is 0 Å². The summed E-state index contributed by atoms with van der Waals surface area (Å²) in [7, 11) is 0. The van der Waals surface area contributed by atoms with Crippen LogP contribution in [0.5, 0.6) is 0 Å². The summed E-state index contributed by atoms with van der Waals surface area (Å²) in [4.78, 5) is 15.1. The summed E-state index contributed by atoms with van der Waals surface area (Å²) in [5.74, 6) is 1.93. The summed E-state index contributed by atoms with van der Waals surface area (Å²) in [6.07, 6.45) is 0. The second-order valence-corrected chi connectivity index (χ2v) is 14.7. The largest absolute Gasteiger partial charge is 0.208 e. The summed E-state index contributed by atoms with van der Waals surface area (Å²) in [5.41, 5.74) is 12.2. The lowest BCUT2D eigenvalue weighted by Gasteiger charge is -2.12. The van der Waals surface area contributed by atoms with E-state index in [1.807, 2.05) is 53.8 Å². The summed E-state index contributed by atoms with van der Waals surface area (Å²) < 4.78 is 2.66. The van der Waals surface area contributed by atoms with Crippen molar-refractivity contribution in [3.63, 3.8) is 0 Å². The van der Waals surface area contributed by atoms with Crippen molar-refractivity contribution in [3.05, 3.63) is 200 Å². The molecule has 4 heteroatoms. The molecule has 2 heterocycles. The topological polar surface area (TPSA) is 38.7 Å². The third-order valence-electron chi connectivity index (χ3n) is 10.2. The fourth-order valence-corrected chi connectivity index (χ4v) is 8.64. The summed E-state index contributed by atoms with van der Waals surface area (Å²) in [6.45, 7) is 0. The molecule has 0 N–H and O–H groups in total. The molecule has 8 aromatic carbocycles. The number of fused-ring (bicyclic) bond motifs is 3. The van der Waals surface area contributed by atoms with Crippen molar-refractivity contribution in [2.75, 3.05) is 0 Å². The Balaban J connectivity index is 0.961. The van der Waals surface area contributed by atoms with Gasteiger partial charge in [-0.3, -0.25) is 0 Å². The van der Waals surface area contributed by atoms with Crippen molar-refractivity contribution in [3.8, 4) is 78.7 Å². The van der Waals surface area contributed by atoms with Gasteiger partial charge in [-0.1, -0.05) is 188 Å². The summed E-state index contributed by atoms with van der Waals surface area (Å²) in [5, 5.41) is 2.64. The third-order valence-corrected chi connectivity index (χ3v) is 11.4. The molecule has 10 rings (SSSR count). The van der Waals surface area contributed by atoms with Crippen molar-refractivity contribution in [1.82, 2.24) is 15.0 Å². The first-order valence-corrected chi connectivity index (χ1v) is 19.3. The number of benzene rings is 8. The monoisotopic (exact) mass is 719 g/mol. The molecule has 55 heavy (non-hydrogen) atoms. The SMILES string of the molecule is c1ccc(-c2nc(-c3ccc(-c4ccc(-c5cccc(-c6cccc7c6sc6ccccc67)c5)cc4)cc3)nc(-c3ccccc3-c3ccccc3)n2)cc1. The molecule has 0 bridgehead atoms. The minimum absolute atomic E-state index is 0.639. The van der Waals surface area contributed by atoms with Crippen LogP contribution >= 0.6 is 11.3 Å². The molecule has 2 aromatic heterocycles. The number of aromatic nitrogens is 3. The zero-order chi connectivity index (χ0) is 36.6. The van der Waals surface area contributed by atoms with E-state index in [4.69, 9.17) is 15.0 Å². The van der Waals surface area contributed by atoms with Crippen LogP contribution in [0.25, 0.3) is 98.8 Å². The van der Waals surface area contributed by atoms with E-state index in [0.29, 0.717) is 17.5 Å². The summed E-state index contributed by atoms with van der Waals surface area (Å²) >= 11 is 1.87. The first-order valence-electron chi connectivity index (χ1n) is 18.4. The van der Waals surface area contributed by atoms with Gasteiger partial charge in [0.1, 0.15) is 0 Å². The number of thiophene rings is 1. The Labute approximate surface area is 323 Å². The first-order chi connectivity index (χ1) is 27.2. The van der Waals surface area contributed by atoms with Gasteiger partial charge < -0.3 is 0 Å². The molecule has 10 aromatic rings. The highest BCUT2D eigenvalue weighted by atomic mass is 32.1. The fourth-order valence-electron chi connectivity index (χ4n) is 7.40. The van der Waals surface area contributed by atoms with Crippen molar-refractivity contribution >= 4 is 31.5 Å². The van der Waals surface area contributed by atoms with Crippen LogP contribution in [0.2, 0.25) is 0 Å². The molecule has 0 atom stereocenters. The van der Waals surface area contributed by atoms with Crippen molar-refractivity contribution in [1.29, 1.82) is 0 Å². The van der Waals surface area contributed by atoms with Gasteiger partial charge in [-0.2, -0.15) is 0 Å². The molecule has 0 aliphatic carbocycles. The van der Waals surface area contributed by atoms with E-state index >= 15 is 0 Å². The number of rotatable bonds is 7. The fraction of sp³-hybridized carbons (Fsp3) is 0. The summed E-state index contributed by atoms with van der Waals surface area (Å²) in [6, 6.07) is 70.4. The third kappa shape index (κ3) is 6.29. The van der Waals surface area contributed by atoms with E-state index in [1.165, 1.54) is 42.4 Å². The second kappa shape index (κ2) is 14.1. The van der Waals surface area contributed by atoms with Gasteiger partial charge in [0.25, 0.3) is 0 Å². The van der Waals surface area contributed by atoms with Gasteiger partial charge in [-0.15, -0.1) is 11.3 Å². The quantitative estimate of drug-likeness (QED) is 0.165. The molecule has 258 valence electrons. The highest BCUT2D eigenvalue weighted by Gasteiger charge is 2.16. The maximum Gasteiger partial charge on any atom is 0.164 e. The highest BCUT2D eigenvalue weighted by molar-refractivity contribution is 7.26. The van der Waals surface area contributed by atoms with Crippen LogP contribution in [0.15, 0.2) is 200 Å². The predicted octanol–water partition coefficient (Wildman–Crippen LogP) is 13.9. The Hall–Kier alpha value is -7.01. The van der Waals surface area contributed by atoms with Crippen molar-refractivity contribution in [2.24, 2.45) is 0 Å². The maximum atomic E-state index is 5.07. The van der Waals surface area contributed by atoms with Crippen molar-refractivity contribution in [2.45, 2.75) is 0 Å². The molecule has 0 amide bonds. The average molecular weight is 720 g/mol. The molecule has 0 aliphatic rings. The molecule has 0 fully saturated rings. The van der Waals surface area contributed by atoms with Crippen LogP contribution in [0.3, 0.4) is 0 Å². The molecular formula is C51H33N3S. The molecule has 0 saturated carbocycles. The maximum absolute atomic E-state index is 5.07.